The lowest BCUT2D eigenvalue weighted by atomic mass is 10.1. The van der Waals surface area contributed by atoms with Crippen molar-refractivity contribution < 1.29 is 9.59 Å². The van der Waals surface area contributed by atoms with Crippen LogP contribution in [-0.2, 0) is 17.8 Å². The second kappa shape index (κ2) is 7.73. The van der Waals surface area contributed by atoms with Crippen molar-refractivity contribution in [2.24, 2.45) is 0 Å². The minimum atomic E-state index is -0.401. The summed E-state index contributed by atoms with van der Waals surface area (Å²) in [5, 5.41) is 4.18. The molecule has 142 valence electrons. The molecule has 0 aliphatic carbocycles. The van der Waals surface area contributed by atoms with Crippen LogP contribution in [0.15, 0.2) is 41.2 Å². The van der Waals surface area contributed by atoms with Crippen molar-refractivity contribution in [3.63, 3.8) is 0 Å². The second-order valence-corrected chi connectivity index (χ2v) is 6.64. The zero-order valence-corrected chi connectivity index (χ0v) is 15.9. The Balaban J connectivity index is 1.89. The summed E-state index contributed by atoms with van der Waals surface area (Å²) < 4.78 is 1.07. The summed E-state index contributed by atoms with van der Waals surface area (Å²) in [7, 11) is 0. The van der Waals surface area contributed by atoms with Gasteiger partial charge in [0.2, 0.25) is 5.91 Å². The number of amides is 2. The largest absolute Gasteiger partial charge is 0.342 e. The van der Waals surface area contributed by atoms with Gasteiger partial charge in [-0.25, -0.2) is 4.68 Å². The van der Waals surface area contributed by atoms with Crippen LogP contribution >= 0.6 is 0 Å². The van der Waals surface area contributed by atoms with Gasteiger partial charge in [-0.1, -0.05) is 18.2 Å². The van der Waals surface area contributed by atoms with Gasteiger partial charge in [-0.05, 0) is 44.9 Å². The first-order valence-corrected chi connectivity index (χ1v) is 9.23. The summed E-state index contributed by atoms with van der Waals surface area (Å²) in [5.74, 6) is -0.462. The molecule has 27 heavy (non-hydrogen) atoms. The van der Waals surface area contributed by atoms with Crippen LogP contribution < -0.4 is 10.5 Å². The normalized spacial score (nSPS) is 15.5. The van der Waals surface area contributed by atoms with Crippen LogP contribution in [0.1, 0.15) is 36.8 Å². The van der Waals surface area contributed by atoms with Gasteiger partial charge in [0.05, 0.1) is 0 Å². The quantitative estimate of drug-likeness (QED) is 0.805. The van der Waals surface area contributed by atoms with E-state index in [1.807, 2.05) is 45.0 Å². The Morgan fingerprint density at radius 3 is 2.56 bits per heavy atom. The van der Waals surface area contributed by atoms with Crippen molar-refractivity contribution in [1.29, 1.82) is 0 Å². The molecule has 0 bridgehead atoms. The molecular formula is C20H24N4O3. The van der Waals surface area contributed by atoms with Gasteiger partial charge in [0.1, 0.15) is 12.2 Å². The summed E-state index contributed by atoms with van der Waals surface area (Å²) in [6.07, 6.45) is 0.780. The van der Waals surface area contributed by atoms with Crippen LogP contribution in [0.4, 0.5) is 5.69 Å². The number of hydrogen-bond donors (Lipinski definition) is 0. The fourth-order valence-corrected chi connectivity index (χ4v) is 3.48. The van der Waals surface area contributed by atoms with Gasteiger partial charge >= 0.3 is 0 Å². The van der Waals surface area contributed by atoms with Gasteiger partial charge in [-0.3, -0.25) is 14.4 Å². The zero-order valence-electron chi connectivity index (χ0n) is 15.9. The maximum atomic E-state index is 13.1. The summed E-state index contributed by atoms with van der Waals surface area (Å²) in [4.78, 5) is 40.8. The molecule has 2 aromatic rings. The molecule has 1 aromatic heterocycles. The van der Waals surface area contributed by atoms with Gasteiger partial charge in [0.15, 0.2) is 0 Å². The molecule has 0 spiro atoms. The Labute approximate surface area is 158 Å². The standard InChI is InChI=1S/C20H24N4O3/c1-4-22(5-2)19(26)13-23-18(25)11-10-16(21-23)20(27)24-14(3)12-15-8-6-7-9-17(15)24/h6-11,14H,4-5,12-13H2,1-3H3. The van der Waals surface area contributed by atoms with E-state index >= 15 is 0 Å². The Hall–Kier alpha value is -2.96. The van der Waals surface area contributed by atoms with E-state index in [4.69, 9.17) is 0 Å². The van der Waals surface area contributed by atoms with Crippen LogP contribution in [0.25, 0.3) is 0 Å². The summed E-state index contributed by atoms with van der Waals surface area (Å²) in [6.45, 7) is 6.69. The van der Waals surface area contributed by atoms with E-state index in [-0.39, 0.29) is 30.1 Å². The van der Waals surface area contributed by atoms with Crippen LogP contribution in [0.5, 0.6) is 0 Å². The van der Waals surface area contributed by atoms with E-state index in [1.54, 1.807) is 9.80 Å². The van der Waals surface area contributed by atoms with Gasteiger partial charge in [-0.15, -0.1) is 0 Å². The molecule has 7 nitrogen and oxygen atoms in total. The van der Waals surface area contributed by atoms with E-state index in [2.05, 4.69) is 5.10 Å². The fraction of sp³-hybridized carbons (Fsp3) is 0.400. The van der Waals surface area contributed by atoms with Crippen molar-refractivity contribution in [3.8, 4) is 0 Å². The highest BCUT2D eigenvalue weighted by molar-refractivity contribution is 6.06. The molecule has 0 radical (unpaired) electrons. The van der Waals surface area contributed by atoms with Gasteiger partial charge in [0, 0.05) is 30.9 Å². The number of benzene rings is 1. The molecule has 0 saturated carbocycles. The Morgan fingerprint density at radius 2 is 1.85 bits per heavy atom. The number of para-hydroxylation sites is 1. The molecule has 1 aliphatic rings. The van der Waals surface area contributed by atoms with Gasteiger partial charge < -0.3 is 9.80 Å². The highest BCUT2D eigenvalue weighted by Gasteiger charge is 2.32. The molecule has 3 rings (SSSR count). The third-order valence-corrected chi connectivity index (χ3v) is 4.91. The SMILES string of the molecule is CCN(CC)C(=O)Cn1nc(C(=O)N2c3ccccc3CC2C)ccc1=O. The monoisotopic (exact) mass is 368 g/mol. The van der Waals surface area contributed by atoms with Crippen molar-refractivity contribution in [2.75, 3.05) is 18.0 Å². The molecule has 7 heteroatoms. The molecule has 0 fully saturated rings. The summed E-state index contributed by atoms with van der Waals surface area (Å²) >= 11 is 0. The first kappa shape index (κ1) is 18.8. The minimum absolute atomic E-state index is 0.00869. The van der Waals surface area contributed by atoms with Crippen LogP contribution in [-0.4, -0.2) is 45.6 Å². The Morgan fingerprint density at radius 1 is 1.15 bits per heavy atom. The summed E-state index contributed by atoms with van der Waals surface area (Å²) in [6, 6.07) is 10.5. The van der Waals surface area contributed by atoms with E-state index in [0.717, 1.165) is 22.4 Å². The van der Waals surface area contributed by atoms with Crippen LogP contribution in [0.3, 0.4) is 0 Å². The molecule has 1 unspecified atom stereocenters. The highest BCUT2D eigenvalue weighted by Crippen LogP contribution is 2.32. The predicted octanol–water partition coefficient (Wildman–Crippen LogP) is 1.70. The molecular weight excluding hydrogens is 344 g/mol. The van der Waals surface area contributed by atoms with Crippen molar-refractivity contribution in [1.82, 2.24) is 14.7 Å². The maximum Gasteiger partial charge on any atom is 0.278 e. The van der Waals surface area contributed by atoms with Gasteiger partial charge in [-0.2, -0.15) is 5.10 Å². The number of rotatable bonds is 5. The second-order valence-electron chi connectivity index (χ2n) is 6.64. The van der Waals surface area contributed by atoms with Crippen molar-refractivity contribution in [3.05, 3.63) is 58.0 Å². The smallest absolute Gasteiger partial charge is 0.278 e. The summed E-state index contributed by atoms with van der Waals surface area (Å²) in [5.41, 5.74) is 1.74. The first-order chi connectivity index (χ1) is 13.0. The molecule has 0 N–H and O–H groups in total. The molecule has 1 aliphatic heterocycles. The number of likely N-dealkylation sites (N-methyl/N-ethyl adjacent to an activating group) is 1. The minimum Gasteiger partial charge on any atom is -0.342 e. The highest BCUT2D eigenvalue weighted by atomic mass is 16.2. The van der Waals surface area contributed by atoms with Crippen LogP contribution in [0.2, 0.25) is 0 Å². The average Bonchev–Trinajstić information content (AvgIpc) is 2.99. The number of fused-ring (bicyclic) bond motifs is 1. The lowest BCUT2D eigenvalue weighted by molar-refractivity contribution is -0.131. The Kier molecular flexibility index (Phi) is 5.39. The predicted molar refractivity (Wildman–Crippen MR) is 103 cm³/mol. The molecule has 2 amide bonds. The molecule has 0 saturated heterocycles. The first-order valence-electron chi connectivity index (χ1n) is 9.23. The molecule has 2 heterocycles. The number of carbonyl (C=O) groups excluding carboxylic acids is 2. The topological polar surface area (TPSA) is 75.5 Å². The van der Waals surface area contributed by atoms with E-state index in [0.29, 0.717) is 13.1 Å². The lowest BCUT2D eigenvalue weighted by Gasteiger charge is -2.22. The third-order valence-electron chi connectivity index (χ3n) is 4.91. The van der Waals surface area contributed by atoms with E-state index < -0.39 is 5.56 Å². The number of hydrogen-bond acceptors (Lipinski definition) is 4. The number of carbonyl (C=O) groups is 2. The Bertz CT molecular complexity index is 917. The average molecular weight is 368 g/mol. The maximum absolute atomic E-state index is 13.1. The number of aromatic nitrogens is 2. The van der Waals surface area contributed by atoms with E-state index in [9.17, 15) is 14.4 Å². The number of nitrogens with zero attached hydrogens (tertiary/aromatic N) is 4. The molecule has 1 aromatic carbocycles. The third kappa shape index (κ3) is 3.63. The molecule has 1 atom stereocenters. The number of anilines is 1. The van der Waals surface area contributed by atoms with Gasteiger partial charge in [0.25, 0.3) is 11.5 Å². The van der Waals surface area contributed by atoms with E-state index in [1.165, 1.54) is 12.1 Å². The zero-order chi connectivity index (χ0) is 19.6. The van der Waals surface area contributed by atoms with Crippen molar-refractivity contribution in [2.45, 2.75) is 39.8 Å². The lowest BCUT2D eigenvalue weighted by Crippen LogP contribution is -2.40. The fourth-order valence-electron chi connectivity index (χ4n) is 3.48. The van der Waals surface area contributed by atoms with Crippen LogP contribution in [0, 0.1) is 0 Å². The van der Waals surface area contributed by atoms with Crippen molar-refractivity contribution >= 4 is 17.5 Å².